The van der Waals surface area contributed by atoms with Crippen molar-refractivity contribution in [1.29, 1.82) is 5.26 Å². The number of hydrogen-bond donors (Lipinski definition) is 4. The topological polar surface area (TPSA) is 178 Å². The van der Waals surface area contributed by atoms with Gasteiger partial charge in [-0.05, 0) is 0 Å². The Kier molecular flexibility index (Phi) is 5.16. The van der Waals surface area contributed by atoms with Gasteiger partial charge in [0, 0.05) is 12.1 Å². The van der Waals surface area contributed by atoms with Crippen LogP contribution in [0.1, 0.15) is 4.88 Å². The van der Waals surface area contributed by atoms with Crippen LogP contribution in [0.2, 0.25) is 0 Å². The maximum atomic E-state index is 8.61. The van der Waals surface area contributed by atoms with Crippen molar-refractivity contribution in [2.45, 2.75) is 0 Å². The average molecular weight is 328 g/mol. The molecule has 3 aromatic rings. The summed E-state index contributed by atoms with van der Waals surface area (Å²) in [5.41, 5.74) is 15.9. The second kappa shape index (κ2) is 7.48. The van der Waals surface area contributed by atoms with E-state index in [0.29, 0.717) is 33.3 Å². The zero-order valence-electron chi connectivity index (χ0n) is 11.7. The van der Waals surface area contributed by atoms with E-state index in [-0.39, 0.29) is 0 Å². The zero-order chi connectivity index (χ0) is 16.7. The van der Waals surface area contributed by atoms with E-state index in [4.69, 9.17) is 22.5 Å². The van der Waals surface area contributed by atoms with Gasteiger partial charge in [0.2, 0.25) is 0 Å². The minimum atomic E-state index is 0.379. The molecular weight excluding hydrogens is 316 g/mol. The summed E-state index contributed by atoms with van der Waals surface area (Å²) in [5.74, 6) is 1.74. The van der Waals surface area contributed by atoms with E-state index >= 15 is 0 Å². The van der Waals surface area contributed by atoms with Crippen LogP contribution in [-0.4, -0.2) is 24.9 Å². The second-order valence-electron chi connectivity index (χ2n) is 3.96. The molecule has 0 bridgehead atoms. The molecule has 0 saturated carbocycles. The van der Waals surface area contributed by atoms with Crippen molar-refractivity contribution in [2.75, 3.05) is 22.5 Å². The van der Waals surface area contributed by atoms with Crippen LogP contribution in [0, 0.1) is 11.3 Å². The predicted octanol–water partition coefficient (Wildman–Crippen LogP) is 0.772. The minimum absolute atomic E-state index is 0.379. The van der Waals surface area contributed by atoms with Crippen LogP contribution in [0.3, 0.4) is 0 Å². The molecule has 0 saturated heterocycles. The maximum Gasteiger partial charge on any atom is 0.189 e. The minimum Gasteiger partial charge on any atom is -0.384 e. The largest absolute Gasteiger partial charge is 0.384 e. The molecule has 10 nitrogen and oxygen atoms in total. The number of aromatic nitrogens is 5. The number of nitriles is 1. The molecule has 7 N–H and O–H groups in total. The summed E-state index contributed by atoms with van der Waals surface area (Å²) in [6, 6.07) is 5.09. The number of anilines is 5. The quantitative estimate of drug-likeness (QED) is 0.525. The summed E-state index contributed by atoms with van der Waals surface area (Å²) >= 11 is 1.25. The molecule has 0 aliphatic carbocycles. The normalized spacial score (nSPS) is 9.35. The first kappa shape index (κ1) is 15.9. The Bertz CT molecular complexity index is 807. The lowest BCUT2D eigenvalue weighted by Crippen LogP contribution is -1.96. The summed E-state index contributed by atoms with van der Waals surface area (Å²) in [4.78, 5) is 19.5. The molecule has 0 spiro atoms. The van der Waals surface area contributed by atoms with E-state index in [9.17, 15) is 0 Å². The van der Waals surface area contributed by atoms with Crippen LogP contribution in [0.25, 0.3) is 0 Å². The first-order chi connectivity index (χ1) is 11.1. The average Bonchev–Trinajstić information content (AvgIpc) is 2.95. The third kappa shape index (κ3) is 5.06. The van der Waals surface area contributed by atoms with Gasteiger partial charge in [-0.2, -0.15) is 5.26 Å². The third-order valence-electron chi connectivity index (χ3n) is 2.25. The van der Waals surface area contributed by atoms with Crippen molar-refractivity contribution in [3.05, 3.63) is 35.9 Å². The molecule has 0 amide bonds. The van der Waals surface area contributed by atoms with Gasteiger partial charge in [0.1, 0.15) is 46.9 Å². The molecule has 0 unspecified atom stereocenters. The van der Waals surface area contributed by atoms with Gasteiger partial charge in [0.05, 0.1) is 6.20 Å². The lowest BCUT2D eigenvalue weighted by Gasteiger charge is -2.00. The SMILES string of the molecule is N#Cc1cnc(Nc2cc(N)ncn2)s1.Nc1cc(N)ncn1. The summed E-state index contributed by atoms with van der Waals surface area (Å²) in [7, 11) is 0. The van der Waals surface area contributed by atoms with E-state index in [2.05, 4.69) is 30.2 Å². The van der Waals surface area contributed by atoms with Crippen molar-refractivity contribution in [3.63, 3.8) is 0 Å². The lowest BCUT2D eigenvalue weighted by atomic mass is 10.5. The monoisotopic (exact) mass is 328 g/mol. The van der Waals surface area contributed by atoms with Crippen molar-refractivity contribution >= 4 is 39.7 Å². The molecular formula is C12H12N10S. The smallest absolute Gasteiger partial charge is 0.189 e. The number of hydrogen-bond acceptors (Lipinski definition) is 11. The van der Waals surface area contributed by atoms with Crippen LogP contribution in [0.4, 0.5) is 28.4 Å². The van der Waals surface area contributed by atoms with Gasteiger partial charge in [-0.25, -0.2) is 24.9 Å². The van der Waals surface area contributed by atoms with Crippen LogP contribution >= 0.6 is 11.3 Å². The van der Waals surface area contributed by atoms with Crippen molar-refractivity contribution < 1.29 is 0 Å². The highest BCUT2D eigenvalue weighted by atomic mass is 32.1. The van der Waals surface area contributed by atoms with Gasteiger partial charge >= 0.3 is 0 Å². The molecule has 3 heterocycles. The molecule has 0 aliphatic rings. The Hall–Kier alpha value is -3.52. The fourth-order valence-corrected chi connectivity index (χ4v) is 1.94. The Morgan fingerprint density at radius 2 is 1.52 bits per heavy atom. The highest BCUT2D eigenvalue weighted by molar-refractivity contribution is 7.16. The standard InChI is InChI=1S/C8H6N6S.C4H6N4/c9-2-5-3-11-8(15-5)14-7-1-6(10)12-4-13-7;5-3-1-4(6)8-2-7-3/h1,3-4H,(H3,10,11,12,13,14);1-2H,(H4,5,6,7,8). The van der Waals surface area contributed by atoms with Gasteiger partial charge in [0.15, 0.2) is 5.13 Å². The molecule has 0 radical (unpaired) electrons. The molecule has 3 rings (SSSR count). The van der Waals surface area contributed by atoms with Gasteiger partial charge in [0.25, 0.3) is 0 Å². The number of nitrogen functional groups attached to an aromatic ring is 3. The molecule has 0 atom stereocenters. The van der Waals surface area contributed by atoms with Gasteiger partial charge in [-0.15, -0.1) is 0 Å². The highest BCUT2D eigenvalue weighted by Crippen LogP contribution is 2.20. The number of nitrogens with two attached hydrogens (primary N) is 3. The van der Waals surface area contributed by atoms with E-state index < -0.39 is 0 Å². The van der Waals surface area contributed by atoms with E-state index in [0.717, 1.165) is 0 Å². The Morgan fingerprint density at radius 3 is 2.00 bits per heavy atom. The Labute approximate surface area is 135 Å². The fraction of sp³-hybridized carbons (Fsp3) is 0. The van der Waals surface area contributed by atoms with Crippen LogP contribution in [0.15, 0.2) is 31.0 Å². The number of nitrogens with zero attached hydrogens (tertiary/aromatic N) is 6. The fourth-order valence-electron chi connectivity index (χ4n) is 1.32. The number of thiazole rings is 1. The van der Waals surface area contributed by atoms with E-state index in [1.54, 1.807) is 6.07 Å². The predicted molar refractivity (Wildman–Crippen MR) is 87.4 cm³/mol. The van der Waals surface area contributed by atoms with Gasteiger partial charge in [-0.3, -0.25) is 0 Å². The third-order valence-corrected chi connectivity index (χ3v) is 3.07. The van der Waals surface area contributed by atoms with Crippen LogP contribution in [-0.2, 0) is 0 Å². The Balaban J connectivity index is 0.000000203. The number of rotatable bonds is 2. The molecule has 0 fully saturated rings. The molecule has 0 aromatic carbocycles. The summed E-state index contributed by atoms with van der Waals surface area (Å²) in [5, 5.41) is 12.1. The van der Waals surface area contributed by atoms with E-state index in [1.165, 1.54) is 36.3 Å². The van der Waals surface area contributed by atoms with Crippen molar-refractivity contribution in [2.24, 2.45) is 0 Å². The maximum absolute atomic E-state index is 8.61. The Morgan fingerprint density at radius 1 is 0.913 bits per heavy atom. The molecule has 0 aliphatic heterocycles. The van der Waals surface area contributed by atoms with Crippen molar-refractivity contribution in [3.8, 4) is 6.07 Å². The van der Waals surface area contributed by atoms with Crippen LogP contribution < -0.4 is 22.5 Å². The van der Waals surface area contributed by atoms with Crippen molar-refractivity contribution in [1.82, 2.24) is 24.9 Å². The lowest BCUT2D eigenvalue weighted by molar-refractivity contribution is 1.17. The molecule has 11 heteroatoms. The molecule has 3 aromatic heterocycles. The van der Waals surface area contributed by atoms with E-state index in [1.807, 2.05) is 6.07 Å². The first-order valence-electron chi connectivity index (χ1n) is 6.10. The highest BCUT2D eigenvalue weighted by Gasteiger charge is 2.02. The first-order valence-corrected chi connectivity index (χ1v) is 6.92. The second-order valence-corrected chi connectivity index (χ2v) is 4.99. The summed E-state index contributed by atoms with van der Waals surface area (Å²) in [6.45, 7) is 0. The van der Waals surface area contributed by atoms with Gasteiger partial charge in [-0.1, -0.05) is 11.3 Å². The zero-order valence-corrected chi connectivity index (χ0v) is 12.5. The summed E-state index contributed by atoms with van der Waals surface area (Å²) < 4.78 is 0. The van der Waals surface area contributed by atoms with Crippen LogP contribution in [0.5, 0.6) is 0 Å². The summed E-state index contributed by atoms with van der Waals surface area (Å²) in [6.07, 6.45) is 4.18. The van der Waals surface area contributed by atoms with Gasteiger partial charge < -0.3 is 22.5 Å². The molecule has 116 valence electrons. The number of nitrogens with one attached hydrogen (secondary N) is 1. The molecule has 23 heavy (non-hydrogen) atoms.